The molecule has 1 fully saturated rings. The smallest absolute Gasteiger partial charge is 0.248 e. The Balaban J connectivity index is 2.01. The molecule has 0 aliphatic carbocycles. The predicted octanol–water partition coefficient (Wildman–Crippen LogP) is 0.992. The van der Waals surface area contributed by atoms with Crippen molar-refractivity contribution >= 4 is 11.6 Å². The van der Waals surface area contributed by atoms with Gasteiger partial charge in [-0.2, -0.15) is 5.26 Å². The van der Waals surface area contributed by atoms with Gasteiger partial charge in [0.25, 0.3) is 0 Å². The van der Waals surface area contributed by atoms with Crippen LogP contribution in [0.1, 0.15) is 5.56 Å². The fourth-order valence-electron chi connectivity index (χ4n) is 2.24. The van der Waals surface area contributed by atoms with E-state index in [1.165, 1.54) is 13.2 Å². The number of amides is 1. The summed E-state index contributed by atoms with van der Waals surface area (Å²) in [6.45, 7) is 2.30. The number of hydrogen-bond acceptors (Lipinski definition) is 4. The highest BCUT2D eigenvalue weighted by Crippen LogP contribution is 2.21. The minimum atomic E-state index is -0.402. The molecule has 1 aromatic carbocycles. The molecule has 0 bridgehead atoms. The van der Waals surface area contributed by atoms with Gasteiger partial charge >= 0.3 is 0 Å². The number of hydrogen-bond donors (Lipinski definition) is 0. The van der Waals surface area contributed by atoms with E-state index in [-0.39, 0.29) is 12.5 Å². The Bertz CT molecular complexity index is 534. The van der Waals surface area contributed by atoms with Crippen LogP contribution in [0.25, 0.3) is 0 Å². The van der Waals surface area contributed by atoms with E-state index in [0.29, 0.717) is 37.4 Å². The van der Waals surface area contributed by atoms with E-state index in [0.717, 1.165) is 0 Å². The van der Waals surface area contributed by atoms with Gasteiger partial charge in [0.15, 0.2) is 0 Å². The van der Waals surface area contributed by atoms with Gasteiger partial charge in [0.05, 0.1) is 17.3 Å². The topological polar surface area (TPSA) is 56.6 Å². The molecule has 2 rings (SSSR count). The van der Waals surface area contributed by atoms with Crippen LogP contribution >= 0.6 is 0 Å². The molecule has 1 amide bonds. The lowest BCUT2D eigenvalue weighted by Gasteiger charge is -2.36. The maximum atomic E-state index is 13.9. The van der Waals surface area contributed by atoms with E-state index in [1.807, 2.05) is 11.0 Å². The van der Waals surface area contributed by atoms with E-state index in [4.69, 9.17) is 10.00 Å². The van der Waals surface area contributed by atoms with Gasteiger partial charge in [0.1, 0.15) is 12.4 Å². The molecule has 106 valence electrons. The van der Waals surface area contributed by atoms with E-state index in [2.05, 4.69) is 0 Å². The molecule has 0 saturated carbocycles. The quantitative estimate of drug-likeness (QED) is 0.827. The van der Waals surface area contributed by atoms with Gasteiger partial charge in [-0.1, -0.05) is 0 Å². The molecule has 1 aliphatic rings. The minimum absolute atomic E-state index is 0.0487. The SMILES string of the molecule is COCC(=O)N1CCN(c2ccc(C#N)cc2F)CC1. The summed E-state index contributed by atoms with van der Waals surface area (Å²) in [4.78, 5) is 15.3. The first kappa shape index (κ1) is 14.3. The summed E-state index contributed by atoms with van der Waals surface area (Å²) in [6.07, 6.45) is 0. The van der Waals surface area contributed by atoms with E-state index >= 15 is 0 Å². The summed E-state index contributed by atoms with van der Waals surface area (Å²) in [7, 11) is 1.49. The van der Waals surface area contributed by atoms with Crippen molar-refractivity contribution in [1.29, 1.82) is 5.26 Å². The third-order valence-electron chi connectivity index (χ3n) is 3.32. The van der Waals surface area contributed by atoms with Crippen LogP contribution in [0.3, 0.4) is 0 Å². The zero-order valence-corrected chi connectivity index (χ0v) is 11.3. The second-order valence-corrected chi connectivity index (χ2v) is 4.58. The highest BCUT2D eigenvalue weighted by Gasteiger charge is 2.22. The van der Waals surface area contributed by atoms with Gasteiger partial charge in [0, 0.05) is 33.3 Å². The summed E-state index contributed by atoms with van der Waals surface area (Å²) in [5, 5.41) is 8.72. The normalized spacial score (nSPS) is 15.1. The van der Waals surface area contributed by atoms with Gasteiger partial charge in [-0.15, -0.1) is 0 Å². The molecule has 0 atom stereocenters. The maximum absolute atomic E-state index is 13.9. The van der Waals surface area contributed by atoms with Gasteiger partial charge in [0.2, 0.25) is 5.91 Å². The minimum Gasteiger partial charge on any atom is -0.375 e. The van der Waals surface area contributed by atoms with Crippen LogP contribution in [-0.4, -0.2) is 50.7 Å². The van der Waals surface area contributed by atoms with Crippen LogP contribution in [0.2, 0.25) is 0 Å². The molecular formula is C14H16FN3O2. The molecule has 1 saturated heterocycles. The summed E-state index contributed by atoms with van der Waals surface area (Å²) in [5.41, 5.74) is 0.781. The summed E-state index contributed by atoms with van der Waals surface area (Å²) in [6, 6.07) is 6.35. The van der Waals surface area contributed by atoms with Crippen LogP contribution < -0.4 is 4.90 Å². The molecular weight excluding hydrogens is 261 g/mol. The van der Waals surface area contributed by atoms with Gasteiger partial charge < -0.3 is 14.5 Å². The summed E-state index contributed by atoms with van der Waals surface area (Å²) < 4.78 is 18.7. The van der Waals surface area contributed by atoms with Crippen LogP contribution in [0.15, 0.2) is 18.2 Å². The lowest BCUT2D eigenvalue weighted by Crippen LogP contribution is -2.49. The lowest BCUT2D eigenvalue weighted by molar-refractivity contribution is -0.135. The standard InChI is InChI=1S/C14H16FN3O2/c1-20-10-14(19)18-6-4-17(5-7-18)13-3-2-11(9-16)8-12(13)15/h2-3,8H,4-7,10H2,1H3. The first-order chi connectivity index (χ1) is 9.65. The number of carbonyl (C=O) groups is 1. The molecule has 1 aromatic rings. The van der Waals surface area contributed by atoms with Crippen LogP contribution in [0.4, 0.5) is 10.1 Å². The van der Waals surface area contributed by atoms with Gasteiger partial charge in [-0.3, -0.25) is 4.79 Å². The lowest BCUT2D eigenvalue weighted by atomic mass is 10.2. The Morgan fingerprint density at radius 1 is 1.40 bits per heavy atom. The molecule has 1 heterocycles. The highest BCUT2D eigenvalue weighted by molar-refractivity contribution is 5.77. The van der Waals surface area contributed by atoms with Crippen molar-refractivity contribution in [3.05, 3.63) is 29.6 Å². The fourth-order valence-corrected chi connectivity index (χ4v) is 2.24. The first-order valence-electron chi connectivity index (χ1n) is 6.37. The number of anilines is 1. The second-order valence-electron chi connectivity index (χ2n) is 4.58. The Labute approximate surface area is 117 Å². The number of benzene rings is 1. The van der Waals surface area contributed by atoms with Crippen molar-refractivity contribution in [1.82, 2.24) is 4.90 Å². The Kier molecular flexibility index (Phi) is 4.53. The Hall–Kier alpha value is -2.13. The van der Waals surface area contributed by atoms with Crippen molar-refractivity contribution in [3.8, 4) is 6.07 Å². The van der Waals surface area contributed by atoms with Gasteiger partial charge in [-0.25, -0.2) is 4.39 Å². The summed E-state index contributed by atoms with van der Waals surface area (Å²) >= 11 is 0. The van der Waals surface area contributed by atoms with E-state index in [1.54, 1.807) is 17.0 Å². The molecule has 0 radical (unpaired) electrons. The largest absolute Gasteiger partial charge is 0.375 e. The molecule has 0 N–H and O–H groups in total. The van der Waals surface area contributed by atoms with Crippen molar-refractivity contribution in [2.24, 2.45) is 0 Å². The van der Waals surface area contributed by atoms with Crippen molar-refractivity contribution in [2.75, 3.05) is 44.8 Å². The summed E-state index contributed by atoms with van der Waals surface area (Å²) in [5.74, 6) is -0.451. The second kappa shape index (κ2) is 6.35. The van der Waals surface area contributed by atoms with Crippen molar-refractivity contribution in [3.63, 3.8) is 0 Å². The molecule has 0 aromatic heterocycles. The number of piperazine rings is 1. The number of methoxy groups -OCH3 is 1. The zero-order chi connectivity index (χ0) is 14.5. The van der Waals surface area contributed by atoms with Crippen molar-refractivity contribution in [2.45, 2.75) is 0 Å². The number of nitriles is 1. The van der Waals surface area contributed by atoms with Crippen LogP contribution in [-0.2, 0) is 9.53 Å². The van der Waals surface area contributed by atoms with Crippen LogP contribution in [0.5, 0.6) is 0 Å². The molecule has 1 aliphatic heterocycles. The number of carbonyl (C=O) groups excluding carboxylic acids is 1. The van der Waals surface area contributed by atoms with E-state index < -0.39 is 5.82 Å². The van der Waals surface area contributed by atoms with Crippen molar-refractivity contribution < 1.29 is 13.9 Å². The first-order valence-corrected chi connectivity index (χ1v) is 6.37. The van der Waals surface area contributed by atoms with Crippen LogP contribution in [0, 0.1) is 17.1 Å². The van der Waals surface area contributed by atoms with Gasteiger partial charge in [-0.05, 0) is 18.2 Å². The highest BCUT2D eigenvalue weighted by atomic mass is 19.1. The monoisotopic (exact) mass is 277 g/mol. The molecule has 20 heavy (non-hydrogen) atoms. The fraction of sp³-hybridized carbons (Fsp3) is 0.429. The average molecular weight is 277 g/mol. The number of ether oxygens (including phenoxy) is 1. The maximum Gasteiger partial charge on any atom is 0.248 e. The Morgan fingerprint density at radius 2 is 2.10 bits per heavy atom. The number of halogens is 1. The number of rotatable bonds is 3. The molecule has 0 unspecified atom stereocenters. The average Bonchev–Trinajstić information content (AvgIpc) is 2.47. The third kappa shape index (κ3) is 3.06. The molecule has 0 spiro atoms. The van der Waals surface area contributed by atoms with E-state index in [9.17, 15) is 9.18 Å². The molecule has 6 heteroatoms. The number of nitrogens with zero attached hydrogens (tertiary/aromatic N) is 3. The third-order valence-corrected chi connectivity index (χ3v) is 3.32. The molecule has 5 nitrogen and oxygen atoms in total. The predicted molar refractivity (Wildman–Crippen MR) is 71.8 cm³/mol. The Morgan fingerprint density at radius 3 is 2.65 bits per heavy atom. The zero-order valence-electron chi connectivity index (χ0n) is 11.3.